The number of hydrogen-bond acceptors (Lipinski definition) is 5. The Morgan fingerprint density at radius 2 is 1.79 bits per heavy atom. The van der Waals surface area contributed by atoms with Crippen LogP contribution in [-0.4, -0.2) is 30.9 Å². The van der Waals surface area contributed by atoms with Gasteiger partial charge in [-0.15, -0.1) is 0 Å². The highest BCUT2D eigenvalue weighted by molar-refractivity contribution is 5.89. The molecule has 0 amide bonds. The molecule has 0 aliphatic rings. The van der Waals surface area contributed by atoms with Gasteiger partial charge in [-0.25, -0.2) is 24.0 Å². The Kier molecular flexibility index (Phi) is 4.61. The van der Waals surface area contributed by atoms with E-state index in [1.54, 1.807) is 36.5 Å². The molecule has 0 saturated carbocycles. The van der Waals surface area contributed by atoms with Gasteiger partial charge in [-0.3, -0.25) is 0 Å². The monoisotopic (exact) mass is 402 g/mol. The number of benzene rings is 1. The van der Waals surface area contributed by atoms with E-state index in [0.717, 1.165) is 6.20 Å². The maximum atomic E-state index is 14.0. The van der Waals surface area contributed by atoms with Crippen molar-refractivity contribution in [2.75, 3.05) is 5.73 Å². The summed E-state index contributed by atoms with van der Waals surface area (Å²) in [6.45, 7) is 0.113. The molecule has 29 heavy (non-hydrogen) atoms. The van der Waals surface area contributed by atoms with Crippen molar-refractivity contribution in [1.29, 1.82) is 0 Å². The molecule has 10 heteroatoms. The summed E-state index contributed by atoms with van der Waals surface area (Å²) in [7, 11) is 0. The van der Waals surface area contributed by atoms with E-state index < -0.39 is 12.6 Å². The second kappa shape index (κ2) is 7.12. The molecule has 3 heterocycles. The summed E-state index contributed by atoms with van der Waals surface area (Å²) in [5.74, 6) is -0.586. The Morgan fingerprint density at radius 3 is 2.52 bits per heavy atom. The van der Waals surface area contributed by atoms with Crippen molar-refractivity contribution < 1.29 is 17.6 Å². The van der Waals surface area contributed by atoms with Gasteiger partial charge in [0.05, 0.1) is 18.4 Å². The van der Waals surface area contributed by atoms with Crippen LogP contribution in [0.15, 0.2) is 48.8 Å². The highest BCUT2D eigenvalue weighted by Gasteiger charge is 2.29. The van der Waals surface area contributed by atoms with Gasteiger partial charge in [0.25, 0.3) is 0 Å². The van der Waals surface area contributed by atoms with Crippen LogP contribution in [0.25, 0.3) is 22.6 Å². The van der Waals surface area contributed by atoms with Crippen LogP contribution in [0.4, 0.5) is 23.4 Å². The lowest BCUT2D eigenvalue weighted by Gasteiger charge is -2.08. The van der Waals surface area contributed by atoms with Crippen LogP contribution in [0.2, 0.25) is 0 Å². The van der Waals surface area contributed by atoms with E-state index in [2.05, 4.69) is 20.1 Å². The minimum atomic E-state index is -4.42. The zero-order chi connectivity index (χ0) is 20.6. The number of hydrogen-bond donors (Lipinski definition) is 1. The number of nitrogen functional groups attached to an aromatic ring is 1. The zero-order valence-corrected chi connectivity index (χ0v) is 14.9. The normalized spacial score (nSPS) is 11.9. The molecular weight excluding hydrogens is 388 g/mol. The van der Waals surface area contributed by atoms with Gasteiger partial charge < -0.3 is 5.73 Å². The lowest BCUT2D eigenvalue weighted by molar-refractivity contribution is -0.127. The van der Waals surface area contributed by atoms with Crippen molar-refractivity contribution in [3.8, 4) is 11.5 Å². The molecule has 3 aromatic heterocycles. The van der Waals surface area contributed by atoms with Crippen LogP contribution >= 0.6 is 0 Å². The third-order valence-electron chi connectivity index (χ3n) is 4.29. The second-order valence-electron chi connectivity index (χ2n) is 6.37. The highest BCUT2D eigenvalue weighted by atomic mass is 19.4. The molecule has 0 fully saturated rings. The Bertz CT molecular complexity index is 1190. The number of rotatable bonds is 4. The Morgan fingerprint density at radius 1 is 1.00 bits per heavy atom. The molecule has 4 rings (SSSR count). The number of alkyl halides is 3. The summed E-state index contributed by atoms with van der Waals surface area (Å²) in [5.41, 5.74) is 6.67. The summed E-state index contributed by atoms with van der Waals surface area (Å²) < 4.78 is 53.4. The largest absolute Gasteiger partial charge is 0.393 e. The number of anilines is 1. The second-order valence-corrected chi connectivity index (χ2v) is 6.37. The Labute approximate surface area is 162 Å². The van der Waals surface area contributed by atoms with Crippen molar-refractivity contribution in [2.45, 2.75) is 19.1 Å². The average Bonchev–Trinajstić information content (AvgIpc) is 3.03. The van der Waals surface area contributed by atoms with Crippen LogP contribution in [0.1, 0.15) is 11.1 Å². The molecule has 0 unspecified atom stereocenters. The van der Waals surface area contributed by atoms with Gasteiger partial charge in [-0.1, -0.05) is 18.2 Å². The van der Waals surface area contributed by atoms with Crippen LogP contribution in [0, 0.1) is 5.82 Å². The lowest BCUT2D eigenvalue weighted by atomic mass is 10.2. The predicted octanol–water partition coefficient (Wildman–Crippen LogP) is 3.76. The van der Waals surface area contributed by atoms with Gasteiger partial charge in [0.1, 0.15) is 17.3 Å². The first-order valence-corrected chi connectivity index (χ1v) is 8.55. The summed E-state index contributed by atoms with van der Waals surface area (Å²) in [5, 5.41) is 5.00. The van der Waals surface area contributed by atoms with Crippen LogP contribution in [-0.2, 0) is 13.0 Å². The van der Waals surface area contributed by atoms with Gasteiger partial charge in [-0.05, 0) is 18.2 Å². The van der Waals surface area contributed by atoms with Crippen LogP contribution < -0.4 is 5.73 Å². The average molecular weight is 402 g/mol. The highest BCUT2D eigenvalue weighted by Crippen LogP contribution is 2.28. The summed E-state index contributed by atoms with van der Waals surface area (Å²) in [6, 6.07) is 9.68. The first-order chi connectivity index (χ1) is 13.8. The maximum Gasteiger partial charge on any atom is 0.393 e. The number of pyridine rings is 1. The third-order valence-corrected chi connectivity index (χ3v) is 4.29. The van der Waals surface area contributed by atoms with Crippen molar-refractivity contribution in [3.63, 3.8) is 0 Å². The molecule has 1 aromatic carbocycles. The van der Waals surface area contributed by atoms with Crippen LogP contribution in [0.3, 0.4) is 0 Å². The van der Waals surface area contributed by atoms with Crippen molar-refractivity contribution in [3.05, 3.63) is 65.7 Å². The molecular formula is C19H14F4N6. The predicted molar refractivity (Wildman–Crippen MR) is 98.2 cm³/mol. The smallest absolute Gasteiger partial charge is 0.383 e. The molecule has 0 atom stereocenters. The van der Waals surface area contributed by atoms with E-state index in [4.69, 9.17) is 5.73 Å². The molecule has 0 spiro atoms. The summed E-state index contributed by atoms with van der Waals surface area (Å²) >= 11 is 0. The molecule has 6 nitrogen and oxygen atoms in total. The lowest BCUT2D eigenvalue weighted by Crippen LogP contribution is -2.14. The van der Waals surface area contributed by atoms with Crippen molar-refractivity contribution >= 4 is 16.9 Å². The molecule has 2 N–H and O–H groups in total. The minimum Gasteiger partial charge on any atom is -0.383 e. The van der Waals surface area contributed by atoms with Gasteiger partial charge in [0.15, 0.2) is 11.5 Å². The van der Waals surface area contributed by atoms with Gasteiger partial charge >= 0.3 is 6.18 Å². The fourth-order valence-corrected chi connectivity index (χ4v) is 2.96. The first-order valence-electron chi connectivity index (χ1n) is 8.55. The number of nitrogens with zero attached hydrogens (tertiary/aromatic N) is 5. The van der Waals surface area contributed by atoms with Gasteiger partial charge in [0, 0.05) is 23.5 Å². The number of aromatic nitrogens is 5. The van der Waals surface area contributed by atoms with E-state index in [-0.39, 0.29) is 29.6 Å². The SMILES string of the molecule is Nc1nc(-c2nn(Cc3ccccc3F)c3ncccc23)ncc1CC(F)(F)F. The standard InChI is InChI=1S/C19H14F4N6/c20-14-6-2-1-4-11(14)10-29-18-13(5-3-7-25-18)15(28-29)17-26-9-12(16(24)27-17)8-19(21,22)23/h1-7,9H,8,10H2,(H2,24,26,27). The maximum absolute atomic E-state index is 14.0. The van der Waals surface area contributed by atoms with Crippen molar-refractivity contribution in [2.24, 2.45) is 0 Å². The number of fused-ring (bicyclic) bond motifs is 1. The Balaban J connectivity index is 1.77. The fourth-order valence-electron chi connectivity index (χ4n) is 2.96. The quantitative estimate of drug-likeness (QED) is 0.526. The molecule has 4 aromatic rings. The topological polar surface area (TPSA) is 82.5 Å². The number of halogens is 4. The Hall–Kier alpha value is -3.56. The molecule has 0 aliphatic heterocycles. The molecule has 0 radical (unpaired) electrons. The minimum absolute atomic E-state index is 0.0682. The molecule has 0 saturated heterocycles. The fraction of sp³-hybridized carbons (Fsp3) is 0.158. The molecule has 0 bridgehead atoms. The zero-order valence-electron chi connectivity index (χ0n) is 14.9. The van der Waals surface area contributed by atoms with E-state index in [1.165, 1.54) is 10.7 Å². The van der Waals surface area contributed by atoms with Gasteiger partial charge in [-0.2, -0.15) is 18.3 Å². The molecule has 148 valence electrons. The summed E-state index contributed by atoms with van der Waals surface area (Å²) in [4.78, 5) is 12.3. The van der Waals surface area contributed by atoms with Crippen molar-refractivity contribution in [1.82, 2.24) is 24.7 Å². The molecule has 0 aliphatic carbocycles. The van der Waals surface area contributed by atoms with E-state index in [9.17, 15) is 17.6 Å². The first kappa shape index (κ1) is 18.8. The summed E-state index contributed by atoms with van der Waals surface area (Å²) in [6.07, 6.45) is -3.03. The van der Waals surface area contributed by atoms with E-state index >= 15 is 0 Å². The third kappa shape index (κ3) is 3.86. The van der Waals surface area contributed by atoms with E-state index in [1.807, 2.05) is 0 Å². The van der Waals surface area contributed by atoms with Crippen LogP contribution in [0.5, 0.6) is 0 Å². The number of nitrogens with two attached hydrogens (primary N) is 1. The van der Waals surface area contributed by atoms with E-state index in [0.29, 0.717) is 22.3 Å². The van der Waals surface area contributed by atoms with Gasteiger partial charge in [0.2, 0.25) is 0 Å².